The van der Waals surface area contributed by atoms with E-state index in [-0.39, 0.29) is 19.8 Å². The van der Waals surface area contributed by atoms with Gasteiger partial charge in [0.05, 0.1) is 13.2 Å². The molecule has 1 aromatic carbocycles. The molecule has 0 aliphatic rings. The van der Waals surface area contributed by atoms with Crippen LogP contribution in [0.25, 0.3) is 0 Å². The predicted octanol–water partition coefficient (Wildman–Crippen LogP) is 2.08. The van der Waals surface area contributed by atoms with Gasteiger partial charge in [-0.25, -0.2) is 8.78 Å². The van der Waals surface area contributed by atoms with Crippen LogP contribution in [0.4, 0.5) is 8.78 Å². The molecule has 0 heterocycles. The van der Waals surface area contributed by atoms with Crippen LogP contribution in [0.1, 0.15) is 12.0 Å². The minimum atomic E-state index is -2.45. The van der Waals surface area contributed by atoms with Crippen LogP contribution in [-0.4, -0.2) is 38.0 Å². The maximum Gasteiger partial charge on any atom is 0.261 e. The first-order valence-corrected chi connectivity index (χ1v) is 5.91. The van der Waals surface area contributed by atoms with Crippen LogP contribution < -0.4 is 4.74 Å². The summed E-state index contributed by atoms with van der Waals surface area (Å²) in [6, 6.07) is 7.07. The highest BCUT2D eigenvalue weighted by molar-refractivity contribution is 5.38. The molecule has 3 nitrogen and oxygen atoms in total. The standard InChI is InChI=1S/C14H16F2O3/c15-14(16)11-18-9-10-19-13-6-4-12(5-7-13)3-1-2-8-17/h4-7,14,17H,2,8-11H2. The van der Waals surface area contributed by atoms with Crippen molar-refractivity contribution in [3.63, 3.8) is 0 Å². The Morgan fingerprint density at radius 2 is 1.89 bits per heavy atom. The Morgan fingerprint density at radius 3 is 2.53 bits per heavy atom. The summed E-state index contributed by atoms with van der Waals surface area (Å²) >= 11 is 0. The quantitative estimate of drug-likeness (QED) is 0.609. The first-order chi connectivity index (χ1) is 9.22. The van der Waals surface area contributed by atoms with Gasteiger partial charge in [-0.2, -0.15) is 0 Å². The Morgan fingerprint density at radius 1 is 1.16 bits per heavy atom. The monoisotopic (exact) mass is 270 g/mol. The summed E-state index contributed by atoms with van der Waals surface area (Å²) in [4.78, 5) is 0. The smallest absolute Gasteiger partial charge is 0.261 e. The number of rotatable bonds is 7. The lowest BCUT2D eigenvalue weighted by atomic mass is 10.2. The molecule has 0 unspecified atom stereocenters. The topological polar surface area (TPSA) is 38.7 Å². The molecule has 1 N–H and O–H groups in total. The maximum atomic E-state index is 11.8. The van der Waals surface area contributed by atoms with Gasteiger partial charge in [-0.3, -0.25) is 0 Å². The van der Waals surface area contributed by atoms with E-state index in [2.05, 4.69) is 16.6 Å². The molecule has 0 aromatic heterocycles. The Balaban J connectivity index is 2.27. The van der Waals surface area contributed by atoms with Crippen molar-refractivity contribution in [3.05, 3.63) is 29.8 Å². The lowest BCUT2D eigenvalue weighted by molar-refractivity contribution is 0.00763. The van der Waals surface area contributed by atoms with Crippen LogP contribution in [0.5, 0.6) is 5.75 Å². The number of ether oxygens (including phenoxy) is 2. The molecular weight excluding hydrogens is 254 g/mol. The third-order valence-corrected chi connectivity index (χ3v) is 2.06. The Kier molecular flexibility index (Phi) is 7.56. The second-order valence-electron chi connectivity index (χ2n) is 3.61. The number of alkyl halides is 2. The molecule has 0 fully saturated rings. The number of benzene rings is 1. The zero-order chi connectivity index (χ0) is 13.9. The molecule has 0 bridgehead atoms. The molecular formula is C14H16F2O3. The van der Waals surface area contributed by atoms with E-state index in [9.17, 15) is 8.78 Å². The third kappa shape index (κ3) is 7.39. The summed E-state index contributed by atoms with van der Waals surface area (Å²) in [5.41, 5.74) is 0.828. The van der Waals surface area contributed by atoms with Crippen molar-refractivity contribution < 1.29 is 23.4 Å². The molecule has 104 valence electrons. The molecule has 1 aromatic rings. The lowest BCUT2D eigenvalue weighted by Gasteiger charge is -2.06. The summed E-state index contributed by atoms with van der Waals surface area (Å²) in [5.74, 6) is 6.33. The minimum Gasteiger partial charge on any atom is -0.491 e. The molecule has 5 heteroatoms. The summed E-state index contributed by atoms with van der Waals surface area (Å²) in [6.45, 7) is -0.166. The van der Waals surface area contributed by atoms with Crippen molar-refractivity contribution in [1.29, 1.82) is 0 Å². The van der Waals surface area contributed by atoms with Gasteiger partial charge in [-0.15, -0.1) is 0 Å². The normalized spacial score (nSPS) is 10.1. The summed E-state index contributed by atoms with van der Waals surface area (Å²) in [5, 5.41) is 8.58. The number of aliphatic hydroxyl groups excluding tert-OH is 1. The van der Waals surface area contributed by atoms with E-state index >= 15 is 0 Å². The zero-order valence-corrected chi connectivity index (χ0v) is 10.4. The molecule has 0 amide bonds. The van der Waals surface area contributed by atoms with Crippen molar-refractivity contribution in [2.75, 3.05) is 26.4 Å². The van der Waals surface area contributed by atoms with E-state index < -0.39 is 13.0 Å². The fourth-order valence-electron chi connectivity index (χ4n) is 1.25. The molecule has 0 spiro atoms. The van der Waals surface area contributed by atoms with Gasteiger partial charge in [0.15, 0.2) is 0 Å². The average Bonchev–Trinajstić information content (AvgIpc) is 2.40. The summed E-state index contributed by atoms with van der Waals surface area (Å²) in [7, 11) is 0. The molecule has 1 rings (SSSR count). The molecule has 0 saturated carbocycles. The SMILES string of the molecule is OCCC#Cc1ccc(OCCOCC(F)F)cc1. The van der Waals surface area contributed by atoms with Crippen molar-refractivity contribution in [3.8, 4) is 17.6 Å². The summed E-state index contributed by atoms with van der Waals surface area (Å²) < 4.78 is 33.5. The highest BCUT2D eigenvalue weighted by Crippen LogP contribution is 2.11. The van der Waals surface area contributed by atoms with Gasteiger partial charge in [-0.1, -0.05) is 11.8 Å². The van der Waals surface area contributed by atoms with Crippen molar-refractivity contribution in [2.24, 2.45) is 0 Å². The Bertz CT molecular complexity index is 407. The fraction of sp³-hybridized carbons (Fsp3) is 0.429. The predicted molar refractivity (Wildman–Crippen MR) is 67.3 cm³/mol. The number of hydrogen-bond donors (Lipinski definition) is 1. The van der Waals surface area contributed by atoms with Gasteiger partial charge in [0.1, 0.15) is 19.0 Å². The van der Waals surface area contributed by atoms with E-state index in [1.165, 1.54) is 0 Å². The molecule has 0 radical (unpaired) electrons. The number of aliphatic hydroxyl groups is 1. The van der Waals surface area contributed by atoms with Gasteiger partial charge in [0.25, 0.3) is 6.43 Å². The van der Waals surface area contributed by atoms with Crippen molar-refractivity contribution >= 4 is 0 Å². The van der Waals surface area contributed by atoms with Crippen LogP contribution in [0.2, 0.25) is 0 Å². The molecule has 0 aliphatic carbocycles. The zero-order valence-electron chi connectivity index (χ0n) is 10.4. The van der Waals surface area contributed by atoms with Gasteiger partial charge < -0.3 is 14.6 Å². The molecule has 0 atom stereocenters. The minimum absolute atomic E-state index is 0.0484. The highest BCUT2D eigenvalue weighted by atomic mass is 19.3. The van der Waals surface area contributed by atoms with Crippen LogP contribution in [-0.2, 0) is 4.74 Å². The van der Waals surface area contributed by atoms with Crippen LogP contribution in [0, 0.1) is 11.8 Å². The second-order valence-corrected chi connectivity index (χ2v) is 3.61. The Hall–Kier alpha value is -1.64. The van der Waals surface area contributed by atoms with Crippen LogP contribution in [0.15, 0.2) is 24.3 Å². The van der Waals surface area contributed by atoms with Gasteiger partial charge in [0, 0.05) is 12.0 Å². The first-order valence-electron chi connectivity index (χ1n) is 5.91. The highest BCUT2D eigenvalue weighted by Gasteiger charge is 2.01. The first kappa shape index (κ1) is 15.4. The van der Waals surface area contributed by atoms with Crippen LogP contribution >= 0.6 is 0 Å². The third-order valence-electron chi connectivity index (χ3n) is 2.06. The van der Waals surface area contributed by atoms with Crippen LogP contribution in [0.3, 0.4) is 0 Å². The largest absolute Gasteiger partial charge is 0.491 e. The number of halogens is 2. The average molecular weight is 270 g/mol. The maximum absolute atomic E-state index is 11.8. The van der Waals surface area contributed by atoms with E-state index in [0.29, 0.717) is 12.2 Å². The van der Waals surface area contributed by atoms with Crippen molar-refractivity contribution in [2.45, 2.75) is 12.8 Å². The molecule has 0 aliphatic heterocycles. The van der Waals surface area contributed by atoms with E-state index in [4.69, 9.17) is 9.84 Å². The van der Waals surface area contributed by atoms with E-state index in [1.54, 1.807) is 24.3 Å². The van der Waals surface area contributed by atoms with Gasteiger partial charge >= 0.3 is 0 Å². The second kappa shape index (κ2) is 9.31. The van der Waals surface area contributed by atoms with Crippen molar-refractivity contribution in [1.82, 2.24) is 0 Å². The van der Waals surface area contributed by atoms with E-state index in [0.717, 1.165) is 5.56 Å². The van der Waals surface area contributed by atoms with Gasteiger partial charge in [0.2, 0.25) is 0 Å². The lowest BCUT2D eigenvalue weighted by Crippen LogP contribution is -2.11. The summed E-state index contributed by atoms with van der Waals surface area (Å²) in [6.07, 6.45) is -2.00. The van der Waals surface area contributed by atoms with Gasteiger partial charge in [-0.05, 0) is 24.3 Å². The molecule has 19 heavy (non-hydrogen) atoms. The van der Waals surface area contributed by atoms with E-state index in [1.807, 2.05) is 0 Å². The Labute approximate surface area is 111 Å². The fourth-order valence-corrected chi connectivity index (χ4v) is 1.25. The number of hydrogen-bond acceptors (Lipinski definition) is 3. The molecule has 0 saturated heterocycles.